The van der Waals surface area contributed by atoms with Gasteiger partial charge >= 0.3 is 0 Å². The lowest BCUT2D eigenvalue weighted by molar-refractivity contribution is 0.357. The maximum atomic E-state index is 14.3. The molecule has 4 N–H and O–H groups in total. The summed E-state index contributed by atoms with van der Waals surface area (Å²) >= 11 is 0. The van der Waals surface area contributed by atoms with Crippen molar-refractivity contribution in [3.63, 3.8) is 0 Å². The molecular formula is C21H20FN5O3. The van der Waals surface area contributed by atoms with E-state index in [2.05, 4.69) is 20.6 Å². The zero-order valence-corrected chi connectivity index (χ0v) is 16.4. The highest BCUT2D eigenvalue weighted by Crippen LogP contribution is 2.31. The molecule has 0 unspecified atom stereocenters. The van der Waals surface area contributed by atoms with E-state index in [4.69, 9.17) is 19.9 Å². The lowest BCUT2D eigenvalue weighted by Gasteiger charge is -2.17. The number of nitrogens with one attached hydrogen (secondary N) is 2. The highest BCUT2D eigenvalue weighted by molar-refractivity contribution is 5.74. The van der Waals surface area contributed by atoms with Gasteiger partial charge in [0.1, 0.15) is 23.9 Å². The number of fused-ring (bicyclic) bond motifs is 1. The highest BCUT2D eigenvalue weighted by atomic mass is 19.1. The molecule has 30 heavy (non-hydrogen) atoms. The standard InChI is InChI=1S/C21H20FN5O3/c1-28-14-7-13(8-15(10-14)29-2)26-21-24-11-17(22)20(27-21)25-12-3-4-19-16(9-12)18(23)5-6-30-19/h3-5,7-11H,6,23H2,1-2H3,(H2,24,25,26,27). The molecular weight excluding hydrogens is 389 g/mol. The second-order valence-electron chi connectivity index (χ2n) is 6.42. The van der Waals surface area contributed by atoms with Gasteiger partial charge in [0.2, 0.25) is 5.95 Å². The Morgan fingerprint density at radius 2 is 1.80 bits per heavy atom. The minimum atomic E-state index is -0.596. The smallest absolute Gasteiger partial charge is 0.229 e. The van der Waals surface area contributed by atoms with Gasteiger partial charge < -0.3 is 30.6 Å². The molecule has 1 aliphatic rings. The first kappa shape index (κ1) is 19.3. The van der Waals surface area contributed by atoms with Crippen molar-refractivity contribution in [3.8, 4) is 17.2 Å². The number of rotatable bonds is 6. The first-order valence-electron chi connectivity index (χ1n) is 9.08. The Balaban J connectivity index is 1.59. The molecule has 2 aromatic carbocycles. The fourth-order valence-corrected chi connectivity index (χ4v) is 2.95. The predicted octanol–water partition coefficient (Wildman–Crippen LogP) is 3.81. The molecule has 0 atom stereocenters. The normalized spacial score (nSPS) is 12.3. The number of nitrogens with zero attached hydrogens (tertiary/aromatic N) is 2. The molecule has 154 valence electrons. The van der Waals surface area contributed by atoms with Crippen molar-refractivity contribution in [1.29, 1.82) is 0 Å². The van der Waals surface area contributed by atoms with Gasteiger partial charge in [0.15, 0.2) is 11.6 Å². The van der Waals surface area contributed by atoms with Crippen molar-refractivity contribution < 1.29 is 18.6 Å². The number of methoxy groups -OCH3 is 2. The third kappa shape index (κ3) is 4.04. The quantitative estimate of drug-likeness (QED) is 0.565. The number of ether oxygens (including phenoxy) is 3. The van der Waals surface area contributed by atoms with Gasteiger partial charge in [0.25, 0.3) is 0 Å². The minimum absolute atomic E-state index is 0.0154. The van der Waals surface area contributed by atoms with Gasteiger partial charge in [-0.05, 0) is 24.3 Å². The van der Waals surface area contributed by atoms with Crippen LogP contribution >= 0.6 is 0 Å². The molecule has 0 bridgehead atoms. The van der Waals surface area contributed by atoms with Crippen LogP contribution in [0.15, 0.2) is 48.7 Å². The molecule has 0 fully saturated rings. The summed E-state index contributed by atoms with van der Waals surface area (Å²) in [5, 5.41) is 5.99. The van der Waals surface area contributed by atoms with Crippen molar-refractivity contribution in [1.82, 2.24) is 9.97 Å². The van der Waals surface area contributed by atoms with Crippen LogP contribution in [0.3, 0.4) is 0 Å². The van der Waals surface area contributed by atoms with E-state index in [1.54, 1.807) is 56.7 Å². The largest absolute Gasteiger partial charge is 0.497 e. The van der Waals surface area contributed by atoms with Crippen LogP contribution in [0.5, 0.6) is 17.2 Å². The Bertz CT molecular complexity index is 1100. The lowest BCUT2D eigenvalue weighted by Crippen LogP contribution is -2.10. The predicted molar refractivity (Wildman–Crippen MR) is 112 cm³/mol. The third-order valence-corrected chi connectivity index (χ3v) is 4.45. The lowest BCUT2D eigenvalue weighted by atomic mass is 10.1. The Labute approximate surface area is 172 Å². The average molecular weight is 409 g/mol. The molecule has 8 nitrogen and oxygen atoms in total. The second kappa shape index (κ2) is 8.16. The van der Waals surface area contributed by atoms with Crippen molar-refractivity contribution in [2.24, 2.45) is 5.73 Å². The molecule has 2 heterocycles. The van der Waals surface area contributed by atoms with E-state index >= 15 is 0 Å². The molecule has 9 heteroatoms. The molecule has 1 aromatic heterocycles. The van der Waals surface area contributed by atoms with Crippen LogP contribution in [0, 0.1) is 5.82 Å². The van der Waals surface area contributed by atoms with Crippen LogP contribution in [0.1, 0.15) is 5.56 Å². The molecule has 3 aromatic rings. The molecule has 0 spiro atoms. The van der Waals surface area contributed by atoms with Crippen LogP contribution in [-0.2, 0) is 0 Å². The summed E-state index contributed by atoms with van der Waals surface area (Å²) in [5.74, 6) is 1.49. The second-order valence-corrected chi connectivity index (χ2v) is 6.42. The molecule has 0 aliphatic carbocycles. The number of benzene rings is 2. The van der Waals surface area contributed by atoms with Gasteiger partial charge in [0, 0.05) is 40.8 Å². The number of anilines is 4. The van der Waals surface area contributed by atoms with Gasteiger partial charge in [-0.25, -0.2) is 9.37 Å². The molecule has 4 rings (SSSR count). The van der Waals surface area contributed by atoms with E-state index in [0.717, 1.165) is 11.8 Å². The maximum Gasteiger partial charge on any atom is 0.229 e. The van der Waals surface area contributed by atoms with E-state index < -0.39 is 5.82 Å². The van der Waals surface area contributed by atoms with E-state index in [1.165, 1.54) is 0 Å². The van der Waals surface area contributed by atoms with Crippen molar-refractivity contribution in [2.75, 3.05) is 31.5 Å². The molecule has 1 aliphatic heterocycles. The number of aromatic nitrogens is 2. The summed E-state index contributed by atoms with van der Waals surface area (Å²) in [6.07, 6.45) is 2.87. The van der Waals surface area contributed by atoms with Crippen LogP contribution in [0.4, 0.5) is 27.5 Å². The van der Waals surface area contributed by atoms with E-state index in [9.17, 15) is 4.39 Å². The van der Waals surface area contributed by atoms with Gasteiger partial charge in [0.05, 0.1) is 20.4 Å². The maximum absolute atomic E-state index is 14.3. The SMILES string of the molecule is COc1cc(Nc2ncc(F)c(Nc3ccc4c(c3)C(N)=CCO4)n2)cc(OC)c1. The summed E-state index contributed by atoms with van der Waals surface area (Å²) in [6, 6.07) is 10.6. The molecule has 0 amide bonds. The van der Waals surface area contributed by atoms with Crippen molar-refractivity contribution in [2.45, 2.75) is 0 Å². The summed E-state index contributed by atoms with van der Waals surface area (Å²) in [4.78, 5) is 8.24. The fourth-order valence-electron chi connectivity index (χ4n) is 2.95. The van der Waals surface area contributed by atoms with Crippen molar-refractivity contribution in [3.05, 3.63) is 60.1 Å². The topological polar surface area (TPSA) is 104 Å². The first-order valence-corrected chi connectivity index (χ1v) is 9.08. The average Bonchev–Trinajstić information content (AvgIpc) is 2.76. The number of halogens is 1. The Morgan fingerprint density at radius 1 is 1.03 bits per heavy atom. The van der Waals surface area contributed by atoms with Crippen LogP contribution in [-0.4, -0.2) is 30.8 Å². The van der Waals surface area contributed by atoms with Crippen LogP contribution in [0.2, 0.25) is 0 Å². The Hall–Kier alpha value is -4.01. The van der Waals surface area contributed by atoms with E-state index in [1.807, 2.05) is 0 Å². The van der Waals surface area contributed by atoms with Gasteiger partial charge in [-0.1, -0.05) is 0 Å². The monoisotopic (exact) mass is 409 g/mol. The summed E-state index contributed by atoms with van der Waals surface area (Å²) in [6.45, 7) is 0.427. The van der Waals surface area contributed by atoms with Gasteiger partial charge in [-0.15, -0.1) is 0 Å². The third-order valence-electron chi connectivity index (χ3n) is 4.45. The highest BCUT2D eigenvalue weighted by Gasteiger charge is 2.14. The minimum Gasteiger partial charge on any atom is -0.497 e. The first-order chi connectivity index (χ1) is 14.6. The summed E-state index contributed by atoms with van der Waals surface area (Å²) < 4.78 is 30.4. The van der Waals surface area contributed by atoms with E-state index in [0.29, 0.717) is 40.9 Å². The Kier molecular flexibility index (Phi) is 5.25. The summed E-state index contributed by atoms with van der Waals surface area (Å²) in [7, 11) is 3.11. The molecule has 0 radical (unpaired) electrons. The van der Waals surface area contributed by atoms with Crippen LogP contribution < -0.4 is 30.6 Å². The van der Waals surface area contributed by atoms with Gasteiger partial charge in [-0.3, -0.25) is 0 Å². The zero-order valence-electron chi connectivity index (χ0n) is 16.4. The molecule has 0 saturated heterocycles. The van der Waals surface area contributed by atoms with Gasteiger partial charge in [-0.2, -0.15) is 4.98 Å². The summed E-state index contributed by atoms with van der Waals surface area (Å²) in [5.41, 5.74) is 8.61. The Morgan fingerprint density at radius 3 is 2.53 bits per heavy atom. The number of hydrogen-bond acceptors (Lipinski definition) is 8. The van der Waals surface area contributed by atoms with Crippen LogP contribution in [0.25, 0.3) is 5.70 Å². The van der Waals surface area contributed by atoms with Crippen molar-refractivity contribution >= 4 is 28.8 Å². The zero-order chi connectivity index (χ0) is 21.1. The molecule has 0 saturated carbocycles. The van der Waals surface area contributed by atoms with E-state index in [-0.39, 0.29) is 11.8 Å². The fraction of sp³-hybridized carbons (Fsp3) is 0.143. The number of hydrogen-bond donors (Lipinski definition) is 3. The number of nitrogens with two attached hydrogens (primary N) is 1.